The van der Waals surface area contributed by atoms with Crippen molar-refractivity contribution in [3.05, 3.63) is 46.1 Å². The fraction of sp³-hybridized carbons (Fsp3) is 0.286. The van der Waals surface area contributed by atoms with Crippen LogP contribution < -0.4 is 11.5 Å². The number of rotatable bonds is 2. The fourth-order valence-corrected chi connectivity index (χ4v) is 2.25. The molecule has 4 heteroatoms. The number of hydrogen-bond acceptors (Lipinski definition) is 4. The Morgan fingerprint density at radius 2 is 1.67 bits per heavy atom. The zero-order valence-electron chi connectivity index (χ0n) is 11.0. The average Bonchev–Trinajstić information content (AvgIpc) is 2.25. The number of aromatic nitrogens is 2. The molecule has 1 heterocycles. The highest BCUT2D eigenvalue weighted by Gasteiger charge is 2.08. The van der Waals surface area contributed by atoms with Crippen LogP contribution in [0.3, 0.4) is 0 Å². The molecule has 94 valence electrons. The van der Waals surface area contributed by atoms with E-state index in [1.807, 2.05) is 0 Å². The van der Waals surface area contributed by atoms with Crippen molar-refractivity contribution in [1.29, 1.82) is 0 Å². The molecule has 1 aromatic carbocycles. The Hall–Kier alpha value is -2.10. The van der Waals surface area contributed by atoms with Gasteiger partial charge in [0, 0.05) is 18.2 Å². The van der Waals surface area contributed by atoms with Crippen LogP contribution in [0.1, 0.15) is 27.8 Å². The van der Waals surface area contributed by atoms with Crippen LogP contribution in [-0.2, 0) is 6.42 Å². The Morgan fingerprint density at radius 3 is 2.22 bits per heavy atom. The van der Waals surface area contributed by atoms with Crippen molar-refractivity contribution < 1.29 is 0 Å². The third-order valence-corrected chi connectivity index (χ3v) is 3.12. The van der Waals surface area contributed by atoms with Gasteiger partial charge in [0.1, 0.15) is 5.82 Å². The van der Waals surface area contributed by atoms with E-state index in [9.17, 15) is 0 Å². The third-order valence-electron chi connectivity index (χ3n) is 3.12. The van der Waals surface area contributed by atoms with Gasteiger partial charge in [0.15, 0.2) is 0 Å². The van der Waals surface area contributed by atoms with Gasteiger partial charge in [0.25, 0.3) is 0 Å². The lowest BCUT2D eigenvalue weighted by Gasteiger charge is -2.12. The highest BCUT2D eigenvalue weighted by molar-refractivity contribution is 5.47. The van der Waals surface area contributed by atoms with Crippen molar-refractivity contribution in [3.63, 3.8) is 0 Å². The maximum Gasteiger partial charge on any atom is 0.221 e. The Morgan fingerprint density at radius 1 is 1.06 bits per heavy atom. The minimum absolute atomic E-state index is 0.216. The highest BCUT2D eigenvalue weighted by atomic mass is 15.0. The van der Waals surface area contributed by atoms with E-state index in [-0.39, 0.29) is 5.95 Å². The van der Waals surface area contributed by atoms with Gasteiger partial charge in [-0.3, -0.25) is 0 Å². The summed E-state index contributed by atoms with van der Waals surface area (Å²) in [7, 11) is 0. The number of hydrogen-bond donors (Lipinski definition) is 2. The van der Waals surface area contributed by atoms with E-state index in [2.05, 4.69) is 42.9 Å². The molecule has 1 aromatic heterocycles. The second-order valence-corrected chi connectivity index (χ2v) is 4.69. The van der Waals surface area contributed by atoms with Crippen LogP contribution in [0.15, 0.2) is 18.3 Å². The molecule has 0 bridgehead atoms. The molecule has 0 aliphatic heterocycles. The van der Waals surface area contributed by atoms with Crippen LogP contribution in [-0.4, -0.2) is 9.97 Å². The second-order valence-electron chi connectivity index (χ2n) is 4.69. The summed E-state index contributed by atoms with van der Waals surface area (Å²) in [5, 5.41) is 0. The molecular formula is C14H18N4. The largest absolute Gasteiger partial charge is 0.383 e. The molecule has 2 rings (SSSR count). The topological polar surface area (TPSA) is 77.8 Å². The Labute approximate surface area is 107 Å². The molecule has 0 unspecified atom stereocenters. The molecule has 4 nitrogen and oxygen atoms in total. The summed E-state index contributed by atoms with van der Waals surface area (Å²) in [6.07, 6.45) is 2.44. The predicted molar refractivity (Wildman–Crippen MR) is 74.3 cm³/mol. The van der Waals surface area contributed by atoms with E-state index in [1.165, 1.54) is 22.3 Å². The number of benzene rings is 1. The predicted octanol–water partition coefficient (Wildman–Crippen LogP) is 2.16. The normalized spacial score (nSPS) is 10.6. The van der Waals surface area contributed by atoms with Crippen molar-refractivity contribution in [1.82, 2.24) is 9.97 Å². The Balaban J connectivity index is 2.40. The lowest BCUT2D eigenvalue weighted by atomic mass is 9.95. The zero-order valence-corrected chi connectivity index (χ0v) is 11.0. The van der Waals surface area contributed by atoms with E-state index in [0.717, 1.165) is 12.0 Å². The summed E-state index contributed by atoms with van der Waals surface area (Å²) >= 11 is 0. The molecule has 18 heavy (non-hydrogen) atoms. The Kier molecular flexibility index (Phi) is 3.19. The first kappa shape index (κ1) is 12.4. The standard InChI is InChI=1S/C14H18N4/c1-8-4-9(2)12(10(3)5-8)6-11-7-17-14(16)18-13(11)15/h4-5,7H,6H2,1-3H3,(H4,15,16,17,18). The van der Waals surface area contributed by atoms with Crippen LogP contribution in [0.2, 0.25) is 0 Å². The minimum Gasteiger partial charge on any atom is -0.383 e. The summed E-state index contributed by atoms with van der Waals surface area (Å²) in [5.41, 5.74) is 17.4. The molecule has 0 spiro atoms. The number of nitrogens with two attached hydrogens (primary N) is 2. The number of nitrogen functional groups attached to an aromatic ring is 2. The molecule has 0 aliphatic carbocycles. The van der Waals surface area contributed by atoms with Gasteiger partial charge in [-0.25, -0.2) is 4.98 Å². The van der Waals surface area contributed by atoms with Crippen molar-refractivity contribution >= 4 is 11.8 Å². The molecule has 2 aromatic rings. The monoisotopic (exact) mass is 242 g/mol. The lowest BCUT2D eigenvalue weighted by molar-refractivity contribution is 1.06. The van der Waals surface area contributed by atoms with Crippen molar-refractivity contribution in [2.75, 3.05) is 11.5 Å². The molecule has 0 aliphatic rings. The zero-order chi connectivity index (χ0) is 13.3. The molecule has 4 N–H and O–H groups in total. The van der Waals surface area contributed by atoms with Crippen LogP contribution in [0.4, 0.5) is 11.8 Å². The molecule has 0 atom stereocenters. The van der Waals surface area contributed by atoms with E-state index < -0.39 is 0 Å². The highest BCUT2D eigenvalue weighted by Crippen LogP contribution is 2.21. The molecule has 0 fully saturated rings. The maximum atomic E-state index is 5.87. The first-order valence-corrected chi connectivity index (χ1v) is 5.91. The number of nitrogens with zero attached hydrogens (tertiary/aromatic N) is 2. The van der Waals surface area contributed by atoms with E-state index in [1.54, 1.807) is 6.20 Å². The van der Waals surface area contributed by atoms with E-state index in [0.29, 0.717) is 5.82 Å². The number of anilines is 2. The van der Waals surface area contributed by atoms with E-state index in [4.69, 9.17) is 11.5 Å². The first-order chi connectivity index (χ1) is 8.47. The summed E-state index contributed by atoms with van der Waals surface area (Å²) in [4.78, 5) is 7.99. The number of aryl methyl sites for hydroxylation is 3. The molecule has 0 radical (unpaired) electrons. The van der Waals surface area contributed by atoms with Crippen LogP contribution in [0, 0.1) is 20.8 Å². The molecular weight excluding hydrogens is 224 g/mol. The lowest BCUT2D eigenvalue weighted by Crippen LogP contribution is -2.05. The van der Waals surface area contributed by atoms with Gasteiger partial charge in [-0.2, -0.15) is 4.98 Å². The molecule has 0 amide bonds. The fourth-order valence-electron chi connectivity index (χ4n) is 2.25. The summed E-state index contributed by atoms with van der Waals surface area (Å²) in [6, 6.07) is 4.35. The van der Waals surface area contributed by atoms with Gasteiger partial charge in [0.2, 0.25) is 5.95 Å². The maximum absolute atomic E-state index is 5.87. The van der Waals surface area contributed by atoms with E-state index >= 15 is 0 Å². The van der Waals surface area contributed by atoms with Gasteiger partial charge in [-0.05, 0) is 37.5 Å². The van der Waals surface area contributed by atoms with Crippen molar-refractivity contribution in [2.24, 2.45) is 0 Å². The Bertz CT molecular complexity index is 567. The van der Waals surface area contributed by atoms with Crippen LogP contribution in [0.25, 0.3) is 0 Å². The quantitative estimate of drug-likeness (QED) is 0.846. The van der Waals surface area contributed by atoms with Crippen molar-refractivity contribution in [2.45, 2.75) is 27.2 Å². The third kappa shape index (κ3) is 2.42. The van der Waals surface area contributed by atoms with Gasteiger partial charge >= 0.3 is 0 Å². The minimum atomic E-state index is 0.216. The van der Waals surface area contributed by atoms with Gasteiger partial charge in [-0.15, -0.1) is 0 Å². The van der Waals surface area contributed by atoms with Crippen LogP contribution >= 0.6 is 0 Å². The van der Waals surface area contributed by atoms with Gasteiger partial charge < -0.3 is 11.5 Å². The van der Waals surface area contributed by atoms with Gasteiger partial charge in [-0.1, -0.05) is 17.7 Å². The molecule has 0 saturated heterocycles. The average molecular weight is 242 g/mol. The SMILES string of the molecule is Cc1cc(C)c(Cc2cnc(N)nc2N)c(C)c1. The second kappa shape index (κ2) is 4.64. The first-order valence-electron chi connectivity index (χ1n) is 5.91. The summed E-state index contributed by atoms with van der Waals surface area (Å²) in [6.45, 7) is 6.33. The van der Waals surface area contributed by atoms with Crippen LogP contribution in [0.5, 0.6) is 0 Å². The summed E-state index contributed by atoms with van der Waals surface area (Å²) < 4.78 is 0. The molecule has 0 saturated carbocycles. The van der Waals surface area contributed by atoms with Gasteiger partial charge in [0.05, 0.1) is 0 Å². The summed E-state index contributed by atoms with van der Waals surface area (Å²) in [5.74, 6) is 0.676. The van der Waals surface area contributed by atoms with Crippen molar-refractivity contribution in [3.8, 4) is 0 Å². The smallest absolute Gasteiger partial charge is 0.221 e.